The van der Waals surface area contributed by atoms with Crippen LogP contribution in [0.1, 0.15) is 29.2 Å². The Balaban J connectivity index is 1.47. The molecular weight excluding hydrogens is 384 g/mol. The number of benzene rings is 1. The summed E-state index contributed by atoms with van der Waals surface area (Å²) in [5.41, 5.74) is 1.88. The van der Waals surface area contributed by atoms with Crippen LogP contribution in [0.5, 0.6) is 17.4 Å². The highest BCUT2D eigenvalue weighted by atomic mass is 16.5. The number of morpholine rings is 1. The van der Waals surface area contributed by atoms with Crippen LogP contribution in [0.2, 0.25) is 0 Å². The summed E-state index contributed by atoms with van der Waals surface area (Å²) in [5.74, 6) is 1.43. The molecule has 30 heavy (non-hydrogen) atoms. The first-order valence-electron chi connectivity index (χ1n) is 10.2. The molecule has 0 saturated carbocycles. The van der Waals surface area contributed by atoms with Gasteiger partial charge in [-0.1, -0.05) is 6.07 Å². The summed E-state index contributed by atoms with van der Waals surface area (Å²) in [4.78, 5) is 6.88. The maximum Gasteiger partial charge on any atom is 0.228 e. The Kier molecular flexibility index (Phi) is 5.02. The van der Waals surface area contributed by atoms with Crippen LogP contribution in [0, 0.1) is 5.41 Å². The minimum Gasteiger partial charge on any atom is -0.508 e. The normalized spacial score (nSPS) is 18.5. The molecule has 1 atom stereocenters. The number of ether oxygens (including phenoxy) is 2. The van der Waals surface area contributed by atoms with Gasteiger partial charge in [-0.15, -0.1) is 0 Å². The van der Waals surface area contributed by atoms with Gasteiger partial charge < -0.3 is 23.6 Å². The Labute approximate surface area is 173 Å². The van der Waals surface area contributed by atoms with E-state index in [-0.39, 0.29) is 11.7 Å². The number of nitrogens with zero attached hydrogens (tertiary/aromatic N) is 3. The number of nitrogens with one attached hydrogen (secondary N) is 1. The van der Waals surface area contributed by atoms with E-state index in [0.29, 0.717) is 35.0 Å². The summed E-state index contributed by atoms with van der Waals surface area (Å²) in [7, 11) is 0. The van der Waals surface area contributed by atoms with Gasteiger partial charge >= 0.3 is 0 Å². The molecule has 3 aromatic rings. The Hall–Kier alpha value is -3.10. The maximum absolute atomic E-state index is 9.88. The lowest BCUT2D eigenvalue weighted by Gasteiger charge is -2.28. The highest BCUT2D eigenvalue weighted by Gasteiger charge is 2.33. The van der Waals surface area contributed by atoms with Crippen LogP contribution >= 0.6 is 0 Å². The van der Waals surface area contributed by atoms with E-state index in [1.54, 1.807) is 24.7 Å². The van der Waals surface area contributed by atoms with Crippen LogP contribution in [0.4, 0.5) is 0 Å². The van der Waals surface area contributed by atoms with Gasteiger partial charge in [0.15, 0.2) is 0 Å². The summed E-state index contributed by atoms with van der Waals surface area (Å²) >= 11 is 0. The van der Waals surface area contributed by atoms with E-state index in [9.17, 15) is 5.11 Å². The second kappa shape index (κ2) is 7.97. The molecule has 0 aliphatic carbocycles. The number of rotatable bonds is 5. The third-order valence-electron chi connectivity index (χ3n) is 5.70. The van der Waals surface area contributed by atoms with E-state index in [1.807, 2.05) is 22.8 Å². The molecule has 0 unspecified atom stereocenters. The summed E-state index contributed by atoms with van der Waals surface area (Å²) in [6, 6.07) is 8.74. The van der Waals surface area contributed by atoms with Crippen LogP contribution in [0.3, 0.4) is 0 Å². The molecule has 0 bridgehead atoms. The molecule has 0 spiro atoms. The van der Waals surface area contributed by atoms with Crippen molar-refractivity contribution in [1.82, 2.24) is 14.5 Å². The summed E-state index contributed by atoms with van der Waals surface area (Å²) in [6.07, 6.45) is 4.21. The predicted octanol–water partition coefficient (Wildman–Crippen LogP) is 2.67. The first-order valence-corrected chi connectivity index (χ1v) is 10.2. The van der Waals surface area contributed by atoms with Gasteiger partial charge in [0.1, 0.15) is 29.1 Å². The van der Waals surface area contributed by atoms with Gasteiger partial charge in [-0.2, -0.15) is 0 Å². The van der Waals surface area contributed by atoms with Crippen LogP contribution in [0.15, 0.2) is 47.3 Å². The molecule has 2 aromatic heterocycles. The summed E-state index contributed by atoms with van der Waals surface area (Å²) in [5, 5.41) is 18.8. The van der Waals surface area contributed by atoms with Crippen LogP contribution in [0.25, 0.3) is 0 Å². The molecule has 156 valence electrons. The molecular formula is C22H24N4O4. The summed E-state index contributed by atoms with van der Waals surface area (Å²) < 4.78 is 18.9. The molecule has 8 nitrogen and oxygen atoms in total. The second-order valence-corrected chi connectivity index (χ2v) is 7.59. The Bertz CT molecular complexity index is 1090. The lowest BCUT2D eigenvalue weighted by atomic mass is 9.87. The van der Waals surface area contributed by atoms with Crippen molar-refractivity contribution < 1.29 is 19.0 Å². The largest absolute Gasteiger partial charge is 0.508 e. The minimum atomic E-state index is -0.314. The fraction of sp³-hybridized carbons (Fsp3) is 0.364. The highest BCUT2D eigenvalue weighted by Crippen LogP contribution is 2.45. The number of phenolic OH excluding ortho intramolecular Hbond substituents is 1. The van der Waals surface area contributed by atoms with Crippen molar-refractivity contribution in [1.29, 1.82) is 5.41 Å². The number of hydrogen-bond acceptors (Lipinski definition) is 7. The number of hydrogen-bond donors (Lipinski definition) is 2. The van der Waals surface area contributed by atoms with E-state index in [2.05, 4.69) is 9.88 Å². The molecule has 0 amide bonds. The van der Waals surface area contributed by atoms with Crippen molar-refractivity contribution >= 4 is 0 Å². The molecule has 1 aromatic carbocycles. The molecule has 2 aliphatic rings. The highest BCUT2D eigenvalue weighted by molar-refractivity contribution is 5.55. The van der Waals surface area contributed by atoms with Crippen molar-refractivity contribution in [3.05, 3.63) is 65.3 Å². The molecule has 1 saturated heterocycles. The number of fused-ring (bicyclic) bond motifs is 2. The first-order chi connectivity index (χ1) is 14.7. The number of aromatic hydroxyl groups is 1. The van der Waals surface area contributed by atoms with E-state index in [4.69, 9.17) is 19.3 Å². The lowest BCUT2D eigenvalue weighted by Crippen LogP contribution is -2.37. The van der Waals surface area contributed by atoms with Crippen molar-refractivity contribution in [3.8, 4) is 17.4 Å². The maximum atomic E-state index is 9.88. The van der Waals surface area contributed by atoms with E-state index >= 15 is 0 Å². The van der Waals surface area contributed by atoms with Crippen molar-refractivity contribution in [2.24, 2.45) is 0 Å². The smallest absolute Gasteiger partial charge is 0.228 e. The molecule has 8 heteroatoms. The average Bonchev–Trinajstić information content (AvgIpc) is 3.29. The van der Waals surface area contributed by atoms with Crippen LogP contribution < -0.4 is 10.2 Å². The van der Waals surface area contributed by atoms with Gasteiger partial charge in [-0.25, -0.2) is 4.98 Å². The van der Waals surface area contributed by atoms with Crippen LogP contribution in [-0.2, 0) is 11.3 Å². The quantitative estimate of drug-likeness (QED) is 0.527. The predicted molar refractivity (Wildman–Crippen MR) is 108 cm³/mol. The Morgan fingerprint density at radius 2 is 2.03 bits per heavy atom. The number of phenols is 1. The second-order valence-electron chi connectivity index (χ2n) is 7.59. The fourth-order valence-electron chi connectivity index (χ4n) is 4.17. The van der Waals surface area contributed by atoms with Gasteiger partial charge in [-0.3, -0.25) is 10.3 Å². The summed E-state index contributed by atoms with van der Waals surface area (Å²) in [6.45, 7) is 5.15. The zero-order chi connectivity index (χ0) is 20.5. The van der Waals surface area contributed by atoms with Gasteiger partial charge in [0, 0.05) is 37.8 Å². The third kappa shape index (κ3) is 3.48. The number of furan rings is 1. The van der Waals surface area contributed by atoms with Crippen LogP contribution in [-0.4, -0.2) is 52.4 Å². The van der Waals surface area contributed by atoms with Gasteiger partial charge in [0.05, 0.1) is 31.0 Å². The van der Waals surface area contributed by atoms with Crippen molar-refractivity contribution in [2.45, 2.75) is 18.9 Å². The van der Waals surface area contributed by atoms with Crippen molar-refractivity contribution in [3.63, 3.8) is 0 Å². The average molecular weight is 408 g/mol. The molecule has 4 heterocycles. The Morgan fingerprint density at radius 3 is 2.83 bits per heavy atom. The van der Waals surface area contributed by atoms with E-state index in [1.165, 1.54) is 0 Å². The molecule has 2 N–H and O–H groups in total. The zero-order valence-electron chi connectivity index (χ0n) is 16.6. The van der Waals surface area contributed by atoms with Gasteiger partial charge in [0.2, 0.25) is 5.88 Å². The fourth-order valence-corrected chi connectivity index (χ4v) is 4.17. The lowest BCUT2D eigenvalue weighted by molar-refractivity contribution is 0.0369. The molecule has 5 rings (SSSR count). The molecule has 1 fully saturated rings. The molecule has 0 radical (unpaired) electrons. The first kappa shape index (κ1) is 18.9. The topological polar surface area (TPSA) is 96.7 Å². The standard InChI is InChI=1S/C22H24N4O4/c23-21-20-19(17-3-1-10-29-17)16-5-4-15(27)13-18(16)30-22(20)24-14-26(21)7-2-6-25-8-11-28-12-9-25/h1,3-5,10,13-14,19,23,27H,2,6-9,11-12H2/t19-/m1/s1. The van der Waals surface area contributed by atoms with Gasteiger partial charge in [0.25, 0.3) is 0 Å². The Morgan fingerprint density at radius 1 is 1.17 bits per heavy atom. The zero-order valence-corrected chi connectivity index (χ0v) is 16.6. The monoisotopic (exact) mass is 408 g/mol. The van der Waals surface area contributed by atoms with Gasteiger partial charge in [-0.05, 0) is 24.6 Å². The van der Waals surface area contributed by atoms with Crippen molar-refractivity contribution in [2.75, 3.05) is 32.8 Å². The SMILES string of the molecule is N=c1c2c(ncn1CCCN1CCOCC1)Oc1cc(O)ccc1[C@@H]2c1ccco1. The third-order valence-corrected chi connectivity index (χ3v) is 5.70. The number of aromatic nitrogens is 2. The van der Waals surface area contributed by atoms with E-state index < -0.39 is 0 Å². The number of aryl methyl sites for hydroxylation is 1. The van der Waals surface area contributed by atoms with E-state index in [0.717, 1.165) is 44.8 Å². The molecule has 2 aliphatic heterocycles. The minimum absolute atomic E-state index is 0.121.